The molecule has 0 aliphatic heterocycles. The van der Waals surface area contributed by atoms with Crippen LogP contribution in [0.25, 0.3) is 10.1 Å². The molecular formula is C10H9BrOS. The Kier molecular flexibility index (Phi) is 2.67. The summed E-state index contributed by atoms with van der Waals surface area (Å²) in [5, 5.41) is 3.44. The molecule has 13 heavy (non-hydrogen) atoms. The Balaban J connectivity index is 2.64. The van der Waals surface area contributed by atoms with Crippen LogP contribution >= 0.6 is 27.3 Å². The highest BCUT2D eigenvalue weighted by Crippen LogP contribution is 2.32. The Morgan fingerprint density at radius 1 is 1.46 bits per heavy atom. The van der Waals surface area contributed by atoms with E-state index < -0.39 is 0 Å². The van der Waals surface area contributed by atoms with Crippen molar-refractivity contribution in [1.29, 1.82) is 0 Å². The minimum atomic E-state index is 0.683. The third-order valence-electron chi connectivity index (χ3n) is 1.92. The second kappa shape index (κ2) is 3.78. The summed E-state index contributed by atoms with van der Waals surface area (Å²) < 4.78 is 7.59. The van der Waals surface area contributed by atoms with Crippen molar-refractivity contribution in [3.63, 3.8) is 0 Å². The fourth-order valence-electron chi connectivity index (χ4n) is 1.37. The van der Waals surface area contributed by atoms with E-state index in [9.17, 15) is 0 Å². The van der Waals surface area contributed by atoms with Gasteiger partial charge < -0.3 is 4.74 Å². The zero-order chi connectivity index (χ0) is 9.26. The quantitative estimate of drug-likeness (QED) is 0.794. The average molecular weight is 257 g/mol. The Bertz CT molecular complexity index is 422. The van der Waals surface area contributed by atoms with Crippen LogP contribution in [-0.2, 0) is 11.3 Å². The van der Waals surface area contributed by atoms with Gasteiger partial charge in [0.2, 0.25) is 0 Å². The number of hydrogen-bond acceptors (Lipinski definition) is 2. The van der Waals surface area contributed by atoms with Gasteiger partial charge in [0, 0.05) is 21.7 Å². The second-order valence-corrected chi connectivity index (χ2v) is 4.57. The van der Waals surface area contributed by atoms with Crippen molar-refractivity contribution in [2.75, 3.05) is 7.11 Å². The minimum absolute atomic E-state index is 0.683. The highest BCUT2D eigenvalue weighted by molar-refractivity contribution is 9.10. The van der Waals surface area contributed by atoms with Crippen molar-refractivity contribution in [3.05, 3.63) is 33.6 Å². The molecule has 0 saturated heterocycles. The number of fused-ring (bicyclic) bond motifs is 1. The van der Waals surface area contributed by atoms with Crippen molar-refractivity contribution < 1.29 is 4.74 Å². The molecule has 0 bridgehead atoms. The molecule has 68 valence electrons. The Labute approximate surface area is 89.5 Å². The molecule has 0 saturated carbocycles. The van der Waals surface area contributed by atoms with Crippen LogP contribution in [0, 0.1) is 0 Å². The van der Waals surface area contributed by atoms with Gasteiger partial charge in [0.25, 0.3) is 0 Å². The number of ether oxygens (including phenoxy) is 1. The van der Waals surface area contributed by atoms with Crippen LogP contribution in [0.3, 0.4) is 0 Å². The van der Waals surface area contributed by atoms with Crippen molar-refractivity contribution in [2.45, 2.75) is 6.61 Å². The van der Waals surface area contributed by atoms with E-state index in [4.69, 9.17) is 4.74 Å². The van der Waals surface area contributed by atoms with Crippen molar-refractivity contribution in [1.82, 2.24) is 0 Å². The van der Waals surface area contributed by atoms with Gasteiger partial charge in [-0.25, -0.2) is 0 Å². The molecule has 1 aromatic carbocycles. The van der Waals surface area contributed by atoms with E-state index >= 15 is 0 Å². The maximum Gasteiger partial charge on any atom is 0.0727 e. The van der Waals surface area contributed by atoms with Gasteiger partial charge in [-0.15, -0.1) is 11.3 Å². The van der Waals surface area contributed by atoms with E-state index in [-0.39, 0.29) is 0 Å². The van der Waals surface area contributed by atoms with Gasteiger partial charge in [0.1, 0.15) is 0 Å². The van der Waals surface area contributed by atoms with Crippen LogP contribution in [0.4, 0.5) is 0 Å². The molecule has 3 heteroatoms. The number of benzene rings is 1. The summed E-state index contributed by atoms with van der Waals surface area (Å²) in [4.78, 5) is 0. The normalized spacial score (nSPS) is 10.9. The first kappa shape index (κ1) is 9.19. The van der Waals surface area contributed by atoms with E-state index in [1.54, 1.807) is 18.4 Å². The fraction of sp³-hybridized carbons (Fsp3) is 0.200. The molecule has 0 aliphatic carbocycles. The lowest BCUT2D eigenvalue weighted by Crippen LogP contribution is -1.84. The predicted molar refractivity (Wildman–Crippen MR) is 60.2 cm³/mol. The Morgan fingerprint density at radius 2 is 2.31 bits per heavy atom. The molecule has 0 unspecified atom stereocenters. The fourth-order valence-corrected chi connectivity index (χ4v) is 3.09. The first-order chi connectivity index (χ1) is 6.33. The third kappa shape index (κ3) is 1.64. The van der Waals surface area contributed by atoms with Gasteiger partial charge in [-0.2, -0.15) is 0 Å². The molecule has 2 aromatic rings. The van der Waals surface area contributed by atoms with Gasteiger partial charge in [0.15, 0.2) is 0 Å². The molecule has 1 nitrogen and oxygen atoms in total. The van der Waals surface area contributed by atoms with Crippen molar-refractivity contribution in [2.24, 2.45) is 0 Å². The van der Waals surface area contributed by atoms with E-state index in [2.05, 4.69) is 39.5 Å². The van der Waals surface area contributed by atoms with E-state index in [1.807, 2.05) is 0 Å². The SMILES string of the molecule is COCc1csc2cccc(Br)c12. The van der Waals surface area contributed by atoms with Gasteiger partial charge in [0.05, 0.1) is 6.61 Å². The summed E-state index contributed by atoms with van der Waals surface area (Å²) in [5.74, 6) is 0. The number of methoxy groups -OCH3 is 1. The standard InChI is InChI=1S/C10H9BrOS/c1-12-5-7-6-13-9-4-2-3-8(11)10(7)9/h2-4,6H,5H2,1H3. The zero-order valence-corrected chi connectivity index (χ0v) is 9.61. The Morgan fingerprint density at radius 3 is 3.08 bits per heavy atom. The van der Waals surface area contributed by atoms with E-state index in [1.165, 1.54) is 15.6 Å². The highest BCUT2D eigenvalue weighted by Gasteiger charge is 2.05. The maximum absolute atomic E-state index is 5.14. The molecule has 0 amide bonds. The summed E-state index contributed by atoms with van der Waals surface area (Å²) in [6.45, 7) is 0.683. The van der Waals surface area contributed by atoms with Crippen molar-refractivity contribution >= 4 is 37.4 Å². The summed E-state index contributed by atoms with van der Waals surface area (Å²) in [6.07, 6.45) is 0. The first-order valence-corrected chi connectivity index (χ1v) is 5.63. The van der Waals surface area contributed by atoms with Crippen LogP contribution in [0.5, 0.6) is 0 Å². The van der Waals surface area contributed by atoms with Gasteiger partial charge in [-0.3, -0.25) is 0 Å². The lowest BCUT2D eigenvalue weighted by molar-refractivity contribution is 0.186. The van der Waals surface area contributed by atoms with Crippen LogP contribution in [0.1, 0.15) is 5.56 Å². The topological polar surface area (TPSA) is 9.23 Å². The number of halogens is 1. The maximum atomic E-state index is 5.14. The molecule has 0 fully saturated rings. The van der Waals surface area contributed by atoms with Gasteiger partial charge in [-0.1, -0.05) is 22.0 Å². The average Bonchev–Trinajstić information content (AvgIpc) is 2.51. The van der Waals surface area contributed by atoms with Crippen LogP contribution in [0.2, 0.25) is 0 Å². The van der Waals surface area contributed by atoms with Crippen LogP contribution < -0.4 is 0 Å². The summed E-state index contributed by atoms with van der Waals surface area (Å²) in [6, 6.07) is 6.25. The number of thiophene rings is 1. The number of rotatable bonds is 2. The van der Waals surface area contributed by atoms with Crippen LogP contribution in [0.15, 0.2) is 28.1 Å². The van der Waals surface area contributed by atoms with Crippen LogP contribution in [-0.4, -0.2) is 7.11 Å². The molecule has 1 aromatic heterocycles. The third-order valence-corrected chi connectivity index (χ3v) is 3.58. The molecule has 0 aliphatic rings. The Hall–Kier alpha value is -0.380. The van der Waals surface area contributed by atoms with Gasteiger partial charge in [-0.05, 0) is 23.1 Å². The first-order valence-electron chi connectivity index (χ1n) is 3.96. The highest BCUT2D eigenvalue weighted by atomic mass is 79.9. The summed E-state index contributed by atoms with van der Waals surface area (Å²) >= 11 is 5.31. The largest absolute Gasteiger partial charge is 0.380 e. The molecule has 2 rings (SSSR count). The molecule has 0 N–H and O–H groups in total. The van der Waals surface area contributed by atoms with Crippen molar-refractivity contribution in [3.8, 4) is 0 Å². The smallest absolute Gasteiger partial charge is 0.0727 e. The predicted octanol–water partition coefficient (Wildman–Crippen LogP) is 3.81. The molecule has 0 atom stereocenters. The lowest BCUT2D eigenvalue weighted by Gasteiger charge is -1.98. The molecular weight excluding hydrogens is 248 g/mol. The zero-order valence-electron chi connectivity index (χ0n) is 7.21. The van der Waals surface area contributed by atoms with E-state index in [0.29, 0.717) is 6.61 Å². The molecule has 0 radical (unpaired) electrons. The molecule has 1 heterocycles. The lowest BCUT2D eigenvalue weighted by atomic mass is 10.2. The van der Waals surface area contributed by atoms with Gasteiger partial charge >= 0.3 is 0 Å². The second-order valence-electron chi connectivity index (χ2n) is 2.81. The van der Waals surface area contributed by atoms with E-state index in [0.717, 1.165) is 4.47 Å². The minimum Gasteiger partial charge on any atom is -0.380 e. The summed E-state index contributed by atoms with van der Waals surface area (Å²) in [5.41, 5.74) is 1.26. The summed E-state index contributed by atoms with van der Waals surface area (Å²) in [7, 11) is 1.72. The molecule has 0 spiro atoms. The number of hydrogen-bond donors (Lipinski definition) is 0. The monoisotopic (exact) mass is 256 g/mol.